The highest BCUT2D eigenvalue weighted by Gasteiger charge is 2.24. The van der Waals surface area contributed by atoms with E-state index in [1.807, 2.05) is 31.3 Å². The number of rotatable bonds is 3. The molecule has 30 heavy (non-hydrogen) atoms. The maximum Gasteiger partial charge on any atom is 0.261 e. The number of aryl methyl sites for hydroxylation is 2. The van der Waals surface area contributed by atoms with Crippen molar-refractivity contribution in [1.82, 2.24) is 14.4 Å². The molecule has 0 atom stereocenters. The largest absolute Gasteiger partial charge is 0.490 e. The van der Waals surface area contributed by atoms with Crippen LogP contribution in [-0.2, 0) is 0 Å². The van der Waals surface area contributed by atoms with E-state index in [4.69, 9.17) is 14.2 Å². The molecule has 0 spiro atoms. The summed E-state index contributed by atoms with van der Waals surface area (Å²) in [5.41, 5.74) is 1.50. The van der Waals surface area contributed by atoms with Crippen LogP contribution < -0.4 is 24.7 Å². The topological polar surface area (TPSA) is 78.2 Å². The van der Waals surface area contributed by atoms with E-state index in [1.165, 1.54) is 4.40 Å². The predicted molar refractivity (Wildman–Crippen MR) is 112 cm³/mol. The Balaban J connectivity index is 1.28. The third-order valence-corrected chi connectivity index (χ3v) is 5.58. The van der Waals surface area contributed by atoms with Gasteiger partial charge in [0.25, 0.3) is 5.56 Å². The standard InChI is InChI=1S/C22H24N4O4/c1-14-12-23-22-24-20(15(2)13-26(22)21(14)27)25-7-5-16(6-8-25)30-17-3-4-18-19(11-17)29-10-9-28-18/h3-4,11-13,16H,5-10H2,1-2H3. The van der Waals surface area contributed by atoms with Crippen molar-refractivity contribution in [2.45, 2.75) is 32.8 Å². The van der Waals surface area contributed by atoms with Crippen LogP contribution in [0.3, 0.4) is 0 Å². The van der Waals surface area contributed by atoms with Crippen LogP contribution in [0, 0.1) is 13.8 Å². The zero-order valence-corrected chi connectivity index (χ0v) is 17.1. The SMILES string of the molecule is Cc1cn2c(=O)c(C)cnc2nc1N1CCC(Oc2ccc3c(c2)OCCO3)CC1. The number of piperidine rings is 1. The molecule has 0 bridgehead atoms. The van der Waals surface area contributed by atoms with Crippen molar-refractivity contribution in [3.8, 4) is 17.2 Å². The fourth-order valence-electron chi connectivity index (χ4n) is 3.98. The summed E-state index contributed by atoms with van der Waals surface area (Å²) in [7, 11) is 0. The number of fused-ring (bicyclic) bond motifs is 2. The fraction of sp³-hybridized carbons (Fsp3) is 0.409. The Hall–Kier alpha value is -3.29. The van der Waals surface area contributed by atoms with E-state index in [-0.39, 0.29) is 11.7 Å². The van der Waals surface area contributed by atoms with Crippen molar-refractivity contribution >= 4 is 11.6 Å². The second-order valence-corrected chi connectivity index (χ2v) is 7.77. The minimum Gasteiger partial charge on any atom is -0.490 e. The smallest absolute Gasteiger partial charge is 0.261 e. The van der Waals surface area contributed by atoms with Gasteiger partial charge in [0, 0.05) is 55.5 Å². The first-order valence-corrected chi connectivity index (χ1v) is 10.3. The van der Waals surface area contributed by atoms with Gasteiger partial charge in [-0.2, -0.15) is 4.98 Å². The highest BCUT2D eigenvalue weighted by molar-refractivity contribution is 5.51. The third kappa shape index (κ3) is 3.42. The molecule has 0 unspecified atom stereocenters. The highest BCUT2D eigenvalue weighted by atomic mass is 16.6. The summed E-state index contributed by atoms with van der Waals surface area (Å²) in [6.07, 6.45) is 5.31. The summed E-state index contributed by atoms with van der Waals surface area (Å²) in [6, 6.07) is 5.74. The number of nitrogens with zero attached hydrogens (tertiary/aromatic N) is 4. The molecule has 156 valence electrons. The lowest BCUT2D eigenvalue weighted by Gasteiger charge is -2.33. The quantitative estimate of drug-likeness (QED) is 0.659. The van der Waals surface area contributed by atoms with Crippen molar-refractivity contribution in [3.63, 3.8) is 0 Å². The Labute approximate surface area is 174 Å². The van der Waals surface area contributed by atoms with Crippen LogP contribution in [0.4, 0.5) is 5.82 Å². The monoisotopic (exact) mass is 408 g/mol. The summed E-state index contributed by atoms with van der Waals surface area (Å²) in [6.45, 7) is 6.54. The van der Waals surface area contributed by atoms with Gasteiger partial charge in [-0.25, -0.2) is 4.98 Å². The molecule has 2 aliphatic rings. The summed E-state index contributed by atoms with van der Waals surface area (Å²) in [5.74, 6) is 3.62. The number of hydrogen-bond acceptors (Lipinski definition) is 7. The van der Waals surface area contributed by atoms with Crippen molar-refractivity contribution in [1.29, 1.82) is 0 Å². The molecule has 5 rings (SSSR count). The van der Waals surface area contributed by atoms with Crippen LogP contribution in [-0.4, -0.2) is 46.8 Å². The van der Waals surface area contributed by atoms with Crippen LogP contribution >= 0.6 is 0 Å². The molecule has 1 aromatic carbocycles. The number of anilines is 1. The van der Waals surface area contributed by atoms with Crippen molar-refractivity contribution < 1.29 is 14.2 Å². The molecule has 0 aliphatic carbocycles. The normalized spacial score (nSPS) is 16.7. The molecular weight excluding hydrogens is 384 g/mol. The van der Waals surface area contributed by atoms with Crippen LogP contribution in [0.1, 0.15) is 24.0 Å². The summed E-state index contributed by atoms with van der Waals surface area (Å²) in [5, 5.41) is 0. The van der Waals surface area contributed by atoms with Gasteiger partial charge in [-0.1, -0.05) is 0 Å². The number of aromatic nitrogens is 3. The van der Waals surface area contributed by atoms with E-state index in [9.17, 15) is 4.79 Å². The Morgan fingerprint density at radius 1 is 1.07 bits per heavy atom. The summed E-state index contributed by atoms with van der Waals surface area (Å²) in [4.78, 5) is 23.5. The lowest BCUT2D eigenvalue weighted by molar-refractivity contribution is 0.159. The average Bonchev–Trinajstić information content (AvgIpc) is 2.77. The highest BCUT2D eigenvalue weighted by Crippen LogP contribution is 2.34. The number of benzene rings is 1. The first kappa shape index (κ1) is 18.7. The van der Waals surface area contributed by atoms with Crippen molar-refractivity contribution in [3.05, 3.63) is 52.1 Å². The lowest BCUT2D eigenvalue weighted by Crippen LogP contribution is -2.39. The summed E-state index contributed by atoms with van der Waals surface area (Å²) < 4.78 is 18.9. The summed E-state index contributed by atoms with van der Waals surface area (Å²) >= 11 is 0. The van der Waals surface area contributed by atoms with Gasteiger partial charge in [0.2, 0.25) is 5.78 Å². The van der Waals surface area contributed by atoms with Gasteiger partial charge in [-0.05, 0) is 26.0 Å². The molecular formula is C22H24N4O4. The first-order chi connectivity index (χ1) is 14.6. The van der Waals surface area contributed by atoms with Crippen LogP contribution in [0.15, 0.2) is 35.4 Å². The maximum absolute atomic E-state index is 12.3. The van der Waals surface area contributed by atoms with Crippen LogP contribution in [0.2, 0.25) is 0 Å². The van der Waals surface area contributed by atoms with E-state index in [0.717, 1.165) is 54.6 Å². The fourth-order valence-corrected chi connectivity index (χ4v) is 3.98. The minimum atomic E-state index is -0.0753. The molecule has 3 aromatic rings. The maximum atomic E-state index is 12.3. The Bertz CT molecular complexity index is 1150. The molecule has 0 radical (unpaired) electrons. The van der Waals surface area contributed by atoms with Gasteiger partial charge in [0.05, 0.1) is 0 Å². The molecule has 0 N–H and O–H groups in total. The second-order valence-electron chi connectivity index (χ2n) is 7.77. The van der Waals surface area contributed by atoms with Gasteiger partial charge < -0.3 is 19.1 Å². The van der Waals surface area contributed by atoms with Crippen molar-refractivity contribution in [2.24, 2.45) is 0 Å². The van der Waals surface area contributed by atoms with Gasteiger partial charge in [0.15, 0.2) is 11.5 Å². The van der Waals surface area contributed by atoms with Gasteiger partial charge in [-0.3, -0.25) is 9.20 Å². The zero-order chi connectivity index (χ0) is 20.7. The van der Waals surface area contributed by atoms with Gasteiger partial charge in [-0.15, -0.1) is 0 Å². The molecule has 1 saturated heterocycles. The van der Waals surface area contributed by atoms with Gasteiger partial charge >= 0.3 is 0 Å². The molecule has 2 aliphatic heterocycles. The van der Waals surface area contributed by atoms with Crippen LogP contribution in [0.5, 0.6) is 17.2 Å². The van der Waals surface area contributed by atoms with E-state index in [2.05, 4.69) is 14.9 Å². The average molecular weight is 408 g/mol. The molecule has 0 amide bonds. The van der Waals surface area contributed by atoms with E-state index < -0.39 is 0 Å². The molecule has 2 aromatic heterocycles. The van der Waals surface area contributed by atoms with Gasteiger partial charge in [0.1, 0.15) is 30.9 Å². The first-order valence-electron chi connectivity index (χ1n) is 10.3. The Morgan fingerprint density at radius 3 is 2.63 bits per heavy atom. The molecule has 8 nitrogen and oxygen atoms in total. The van der Waals surface area contributed by atoms with Crippen LogP contribution in [0.25, 0.3) is 5.78 Å². The molecule has 1 fully saturated rings. The Morgan fingerprint density at radius 2 is 1.83 bits per heavy atom. The lowest BCUT2D eigenvalue weighted by atomic mass is 10.1. The Kier molecular flexibility index (Phi) is 4.69. The van der Waals surface area contributed by atoms with Crippen molar-refractivity contribution in [2.75, 3.05) is 31.2 Å². The molecule has 8 heteroatoms. The molecule has 0 saturated carbocycles. The molecule has 4 heterocycles. The number of hydrogen-bond donors (Lipinski definition) is 0. The van der Waals surface area contributed by atoms with E-state index in [0.29, 0.717) is 24.6 Å². The third-order valence-electron chi connectivity index (χ3n) is 5.58. The predicted octanol–water partition coefficient (Wildman–Crippen LogP) is 2.53. The van der Waals surface area contributed by atoms with E-state index in [1.54, 1.807) is 13.1 Å². The zero-order valence-electron chi connectivity index (χ0n) is 17.1. The number of ether oxygens (including phenoxy) is 3. The second kappa shape index (κ2) is 7.51. The minimum absolute atomic E-state index is 0.0753. The van der Waals surface area contributed by atoms with E-state index >= 15 is 0 Å².